The number of hydrazine groups is 1. The average Bonchev–Trinajstić information content (AvgIpc) is 3.00. The molecule has 2 aliphatic rings. The normalized spacial score (nSPS) is 22.6. The van der Waals surface area contributed by atoms with Gasteiger partial charge in [-0.05, 0) is 36.6 Å². The third-order valence-electron chi connectivity index (χ3n) is 5.03. The number of nitriles is 1. The minimum Gasteiger partial charge on any atom is -0.269 e. The molecule has 0 N–H and O–H groups in total. The van der Waals surface area contributed by atoms with Crippen LogP contribution in [0.5, 0.6) is 0 Å². The lowest BCUT2D eigenvalue weighted by molar-refractivity contribution is -0.000477. The molecule has 0 aliphatic carbocycles. The first-order valence-electron chi connectivity index (χ1n) is 8.31. The summed E-state index contributed by atoms with van der Waals surface area (Å²) in [6.45, 7) is 3.33. The van der Waals surface area contributed by atoms with Crippen molar-refractivity contribution < 1.29 is 4.79 Å². The molecule has 0 spiro atoms. The molecule has 4 nitrogen and oxygen atoms in total. The Kier molecular flexibility index (Phi) is 3.59. The number of carbonyl (C=O) groups is 1. The number of hydrogen-bond acceptors (Lipinski definition) is 3. The lowest BCUT2D eigenvalue weighted by Gasteiger charge is -2.37. The van der Waals surface area contributed by atoms with E-state index in [1.807, 2.05) is 30.3 Å². The molecule has 2 aromatic carbocycles. The van der Waals surface area contributed by atoms with Crippen molar-refractivity contribution in [1.29, 1.82) is 5.26 Å². The van der Waals surface area contributed by atoms with Crippen LogP contribution < -0.4 is 0 Å². The molecule has 0 radical (unpaired) electrons. The lowest BCUT2D eigenvalue weighted by Crippen LogP contribution is -2.45. The van der Waals surface area contributed by atoms with E-state index >= 15 is 0 Å². The molecule has 24 heavy (non-hydrogen) atoms. The lowest BCUT2D eigenvalue weighted by atomic mass is 9.87. The second-order valence-corrected chi connectivity index (χ2v) is 6.55. The zero-order chi connectivity index (χ0) is 16.7. The van der Waals surface area contributed by atoms with Crippen molar-refractivity contribution in [2.24, 2.45) is 5.92 Å². The molecule has 1 amide bonds. The van der Waals surface area contributed by atoms with Crippen molar-refractivity contribution in [2.75, 3.05) is 13.1 Å². The van der Waals surface area contributed by atoms with E-state index < -0.39 is 0 Å². The molecule has 0 bridgehead atoms. The molecule has 2 unspecified atom stereocenters. The fourth-order valence-corrected chi connectivity index (χ4v) is 3.90. The molecular formula is C20H19N3O. The summed E-state index contributed by atoms with van der Waals surface area (Å²) in [5, 5.41) is 13.5. The molecule has 2 atom stereocenters. The first-order valence-corrected chi connectivity index (χ1v) is 8.31. The zero-order valence-corrected chi connectivity index (χ0v) is 13.6. The zero-order valence-electron chi connectivity index (χ0n) is 13.6. The van der Waals surface area contributed by atoms with Gasteiger partial charge in [0.2, 0.25) is 0 Å². The first-order chi connectivity index (χ1) is 11.7. The van der Waals surface area contributed by atoms with Crippen LogP contribution in [-0.2, 0) is 6.42 Å². The van der Waals surface area contributed by atoms with E-state index in [0.717, 1.165) is 13.0 Å². The second-order valence-electron chi connectivity index (χ2n) is 6.55. The van der Waals surface area contributed by atoms with Gasteiger partial charge in [-0.1, -0.05) is 42.0 Å². The number of aryl methyl sites for hydroxylation is 1. The number of carbonyl (C=O) groups excluding carboxylic acids is 1. The van der Waals surface area contributed by atoms with Gasteiger partial charge < -0.3 is 0 Å². The van der Waals surface area contributed by atoms with Crippen LogP contribution in [0.3, 0.4) is 0 Å². The smallest absolute Gasteiger partial charge is 0.268 e. The highest BCUT2D eigenvalue weighted by Gasteiger charge is 2.45. The second kappa shape index (κ2) is 5.77. The molecule has 2 heterocycles. The Labute approximate surface area is 141 Å². The monoisotopic (exact) mass is 317 g/mol. The number of fused-ring (bicyclic) bond motifs is 3. The van der Waals surface area contributed by atoms with Crippen molar-refractivity contribution >= 4 is 5.91 Å². The molecule has 4 heteroatoms. The van der Waals surface area contributed by atoms with Crippen molar-refractivity contribution in [2.45, 2.75) is 19.4 Å². The molecule has 0 saturated carbocycles. The number of benzene rings is 2. The summed E-state index contributed by atoms with van der Waals surface area (Å²) in [4.78, 5) is 12.9. The van der Waals surface area contributed by atoms with Gasteiger partial charge >= 0.3 is 0 Å². The van der Waals surface area contributed by atoms with Gasteiger partial charge in [-0.3, -0.25) is 9.80 Å². The van der Waals surface area contributed by atoms with Crippen molar-refractivity contribution in [1.82, 2.24) is 10.0 Å². The van der Waals surface area contributed by atoms with Gasteiger partial charge in [0, 0.05) is 12.1 Å². The Morgan fingerprint density at radius 3 is 2.75 bits per heavy atom. The molecular weight excluding hydrogens is 298 g/mol. The van der Waals surface area contributed by atoms with E-state index in [0.29, 0.717) is 12.1 Å². The number of amides is 1. The summed E-state index contributed by atoms with van der Waals surface area (Å²) in [5.74, 6) is -0.215. The highest BCUT2D eigenvalue weighted by atomic mass is 16.2. The average molecular weight is 317 g/mol. The Hall–Kier alpha value is -2.64. The van der Waals surface area contributed by atoms with Gasteiger partial charge in [0.05, 0.1) is 24.6 Å². The molecule has 1 saturated heterocycles. The first kappa shape index (κ1) is 14.9. The van der Waals surface area contributed by atoms with Gasteiger partial charge in [-0.2, -0.15) is 5.26 Å². The number of hydrogen-bond donors (Lipinski definition) is 0. The van der Waals surface area contributed by atoms with Crippen LogP contribution in [0.1, 0.15) is 33.1 Å². The predicted octanol–water partition coefficient (Wildman–Crippen LogP) is 3.11. The summed E-state index contributed by atoms with van der Waals surface area (Å²) in [6, 6.07) is 18.1. The van der Waals surface area contributed by atoms with E-state index in [1.165, 1.54) is 16.7 Å². The molecule has 1 fully saturated rings. The fourth-order valence-electron chi connectivity index (χ4n) is 3.90. The maximum absolute atomic E-state index is 12.9. The molecule has 2 aromatic rings. The van der Waals surface area contributed by atoms with Crippen molar-refractivity contribution in [3.8, 4) is 6.07 Å². The van der Waals surface area contributed by atoms with E-state index in [4.69, 9.17) is 0 Å². The Balaban J connectivity index is 1.71. The van der Waals surface area contributed by atoms with Gasteiger partial charge in [0.15, 0.2) is 0 Å². The molecule has 120 valence electrons. The van der Waals surface area contributed by atoms with Crippen LogP contribution in [0, 0.1) is 24.2 Å². The largest absolute Gasteiger partial charge is 0.269 e. The standard InChI is InChI=1S/C20H19N3O/c1-14-7-8-18-16(11-14)9-10-22-19(18)17(12-21)13-23(22)20(24)15-5-3-2-4-6-15/h2-8,11,17,19H,9-10,13H2,1H3. The van der Waals surface area contributed by atoms with Gasteiger partial charge in [0.1, 0.15) is 0 Å². The SMILES string of the molecule is Cc1ccc2c(c1)CCN1C2C(C#N)CN1C(=O)c1ccccc1. The highest BCUT2D eigenvalue weighted by Crippen LogP contribution is 2.42. The summed E-state index contributed by atoms with van der Waals surface area (Å²) < 4.78 is 0. The number of rotatable bonds is 1. The van der Waals surface area contributed by atoms with Crippen LogP contribution in [0.25, 0.3) is 0 Å². The van der Waals surface area contributed by atoms with Crippen LogP contribution >= 0.6 is 0 Å². The quantitative estimate of drug-likeness (QED) is 0.812. The molecule has 2 aliphatic heterocycles. The van der Waals surface area contributed by atoms with E-state index in [1.54, 1.807) is 5.01 Å². The summed E-state index contributed by atoms with van der Waals surface area (Å²) in [7, 11) is 0. The van der Waals surface area contributed by atoms with E-state index in [2.05, 4.69) is 36.2 Å². The minimum absolute atomic E-state index is 0.0195. The fraction of sp³-hybridized carbons (Fsp3) is 0.300. The Morgan fingerprint density at radius 1 is 1.21 bits per heavy atom. The third kappa shape index (κ3) is 2.29. The third-order valence-corrected chi connectivity index (χ3v) is 5.03. The predicted molar refractivity (Wildman–Crippen MR) is 90.9 cm³/mol. The van der Waals surface area contributed by atoms with Gasteiger partial charge in [0.25, 0.3) is 5.91 Å². The van der Waals surface area contributed by atoms with Crippen LogP contribution in [0.2, 0.25) is 0 Å². The van der Waals surface area contributed by atoms with Crippen LogP contribution in [0.15, 0.2) is 48.5 Å². The summed E-state index contributed by atoms with van der Waals surface area (Å²) >= 11 is 0. The summed E-state index contributed by atoms with van der Waals surface area (Å²) in [5.41, 5.74) is 4.42. The topological polar surface area (TPSA) is 47.3 Å². The van der Waals surface area contributed by atoms with Crippen LogP contribution in [0.4, 0.5) is 0 Å². The van der Waals surface area contributed by atoms with Crippen molar-refractivity contribution in [3.05, 3.63) is 70.8 Å². The maximum atomic E-state index is 12.9. The van der Waals surface area contributed by atoms with E-state index in [-0.39, 0.29) is 17.9 Å². The maximum Gasteiger partial charge on any atom is 0.268 e. The Morgan fingerprint density at radius 2 is 2.00 bits per heavy atom. The van der Waals surface area contributed by atoms with Gasteiger partial charge in [-0.15, -0.1) is 0 Å². The Bertz CT molecular complexity index is 825. The minimum atomic E-state index is -0.195. The van der Waals surface area contributed by atoms with Gasteiger partial charge in [-0.25, -0.2) is 5.01 Å². The van der Waals surface area contributed by atoms with Crippen LogP contribution in [-0.4, -0.2) is 29.0 Å². The summed E-state index contributed by atoms with van der Waals surface area (Å²) in [6.07, 6.45) is 0.907. The number of nitrogens with zero attached hydrogens (tertiary/aromatic N) is 3. The molecule has 0 aromatic heterocycles. The van der Waals surface area contributed by atoms with Crippen molar-refractivity contribution in [3.63, 3.8) is 0 Å². The van der Waals surface area contributed by atoms with E-state index in [9.17, 15) is 10.1 Å². The molecule has 4 rings (SSSR count). The highest BCUT2D eigenvalue weighted by molar-refractivity contribution is 5.94.